The van der Waals surface area contributed by atoms with Crippen LogP contribution in [0.4, 0.5) is 0 Å². The number of carbonyl (C=O) groups excluding carboxylic acids is 2. The third-order valence-corrected chi connectivity index (χ3v) is 7.32. The molecule has 0 atom stereocenters. The normalized spacial score (nSPS) is 21.1. The maximum atomic E-state index is 13.1. The molecule has 2 fully saturated rings. The first-order valence-corrected chi connectivity index (χ1v) is 11.8. The molecule has 1 aromatic carbocycles. The van der Waals surface area contributed by atoms with Crippen LogP contribution in [0.25, 0.3) is 11.0 Å². The second-order valence-corrected chi connectivity index (χ2v) is 9.29. The Morgan fingerprint density at radius 1 is 1.00 bits per heavy atom. The number of amides is 2. The molecule has 2 saturated carbocycles. The number of carbonyl (C=O) groups is 2. The van der Waals surface area contributed by atoms with Gasteiger partial charge in [-0.15, -0.1) is 0 Å². The van der Waals surface area contributed by atoms with Gasteiger partial charge in [0.05, 0.1) is 11.0 Å². The summed E-state index contributed by atoms with van der Waals surface area (Å²) in [5.41, 5.74) is 2.32. The van der Waals surface area contributed by atoms with Gasteiger partial charge in [-0.25, -0.2) is 4.98 Å². The summed E-state index contributed by atoms with van der Waals surface area (Å²) in [5.74, 6) is 1.15. The molecule has 0 unspecified atom stereocenters. The van der Waals surface area contributed by atoms with Crippen LogP contribution in [-0.4, -0.2) is 45.4 Å². The molecule has 1 aromatic heterocycles. The first-order chi connectivity index (χ1) is 14.7. The number of aromatic nitrogens is 2. The van der Waals surface area contributed by atoms with E-state index in [9.17, 15) is 9.59 Å². The van der Waals surface area contributed by atoms with E-state index in [2.05, 4.69) is 10.3 Å². The lowest BCUT2D eigenvalue weighted by Crippen LogP contribution is -2.47. The average molecular weight is 409 g/mol. The van der Waals surface area contributed by atoms with Gasteiger partial charge in [0.1, 0.15) is 0 Å². The van der Waals surface area contributed by atoms with Gasteiger partial charge in [0, 0.05) is 31.2 Å². The van der Waals surface area contributed by atoms with Crippen LogP contribution in [0.1, 0.15) is 85.2 Å². The Kier molecular flexibility index (Phi) is 5.48. The number of nitrogens with one attached hydrogen (secondary N) is 1. The van der Waals surface area contributed by atoms with Gasteiger partial charge in [-0.1, -0.05) is 38.5 Å². The molecule has 2 amide bonds. The third kappa shape index (κ3) is 3.72. The SMILES string of the molecule is O=C(NCC1CCCCC1)c1ccc2c(c1)nc1n2CCN(C2CCCCC2)C1=O. The topological polar surface area (TPSA) is 67.2 Å². The molecular weight excluding hydrogens is 376 g/mol. The zero-order valence-corrected chi connectivity index (χ0v) is 17.7. The van der Waals surface area contributed by atoms with Crippen LogP contribution in [-0.2, 0) is 6.54 Å². The highest BCUT2D eigenvalue weighted by atomic mass is 16.2. The van der Waals surface area contributed by atoms with E-state index in [4.69, 9.17) is 0 Å². The smallest absolute Gasteiger partial charge is 0.290 e. The van der Waals surface area contributed by atoms with Crippen molar-refractivity contribution in [3.63, 3.8) is 0 Å². The maximum absolute atomic E-state index is 13.1. The van der Waals surface area contributed by atoms with Crippen molar-refractivity contribution in [3.05, 3.63) is 29.6 Å². The van der Waals surface area contributed by atoms with E-state index in [0.717, 1.165) is 43.5 Å². The Morgan fingerprint density at radius 3 is 2.50 bits per heavy atom. The van der Waals surface area contributed by atoms with E-state index < -0.39 is 0 Å². The summed E-state index contributed by atoms with van der Waals surface area (Å²) in [6, 6.07) is 6.02. The Morgan fingerprint density at radius 2 is 1.73 bits per heavy atom. The number of hydrogen-bond acceptors (Lipinski definition) is 3. The minimum atomic E-state index is -0.0383. The number of fused-ring (bicyclic) bond motifs is 3. The van der Waals surface area contributed by atoms with E-state index in [-0.39, 0.29) is 11.8 Å². The van der Waals surface area contributed by atoms with Crippen molar-refractivity contribution in [2.75, 3.05) is 13.1 Å². The highest BCUT2D eigenvalue weighted by molar-refractivity contribution is 6.00. The fraction of sp³-hybridized carbons (Fsp3) is 0.625. The van der Waals surface area contributed by atoms with Crippen LogP contribution >= 0.6 is 0 Å². The second kappa shape index (κ2) is 8.40. The fourth-order valence-electron chi connectivity index (χ4n) is 5.57. The summed E-state index contributed by atoms with van der Waals surface area (Å²) < 4.78 is 2.03. The van der Waals surface area contributed by atoms with Gasteiger partial charge in [0.15, 0.2) is 5.82 Å². The van der Waals surface area contributed by atoms with Gasteiger partial charge in [-0.05, 0) is 49.8 Å². The van der Waals surface area contributed by atoms with Crippen molar-refractivity contribution in [3.8, 4) is 0 Å². The lowest BCUT2D eigenvalue weighted by Gasteiger charge is -2.36. The zero-order chi connectivity index (χ0) is 20.5. The molecule has 2 aliphatic carbocycles. The molecule has 2 aromatic rings. The molecule has 6 heteroatoms. The first kappa shape index (κ1) is 19.6. The quantitative estimate of drug-likeness (QED) is 0.827. The third-order valence-electron chi connectivity index (χ3n) is 7.32. The number of hydrogen-bond donors (Lipinski definition) is 1. The molecule has 0 saturated heterocycles. The predicted octanol–water partition coefficient (Wildman–Crippen LogP) is 4.13. The molecule has 2 heterocycles. The van der Waals surface area contributed by atoms with Crippen molar-refractivity contribution in [2.45, 2.75) is 76.8 Å². The summed E-state index contributed by atoms with van der Waals surface area (Å²) >= 11 is 0. The van der Waals surface area contributed by atoms with E-state index in [0.29, 0.717) is 23.3 Å². The molecule has 1 N–H and O–H groups in total. The molecule has 3 aliphatic rings. The zero-order valence-electron chi connectivity index (χ0n) is 17.7. The van der Waals surface area contributed by atoms with Crippen molar-refractivity contribution < 1.29 is 9.59 Å². The molecule has 1 aliphatic heterocycles. The fourth-order valence-corrected chi connectivity index (χ4v) is 5.57. The van der Waals surface area contributed by atoms with E-state index in [1.165, 1.54) is 51.4 Å². The average Bonchev–Trinajstić information content (AvgIpc) is 3.18. The van der Waals surface area contributed by atoms with Crippen LogP contribution in [0.3, 0.4) is 0 Å². The largest absolute Gasteiger partial charge is 0.352 e. The summed E-state index contributed by atoms with van der Waals surface area (Å²) in [5, 5.41) is 3.11. The number of imidazole rings is 1. The van der Waals surface area contributed by atoms with Gasteiger partial charge in [0.2, 0.25) is 0 Å². The minimum Gasteiger partial charge on any atom is -0.352 e. The van der Waals surface area contributed by atoms with Crippen molar-refractivity contribution in [1.82, 2.24) is 19.8 Å². The maximum Gasteiger partial charge on any atom is 0.290 e. The van der Waals surface area contributed by atoms with Gasteiger partial charge in [-0.2, -0.15) is 0 Å². The predicted molar refractivity (Wildman–Crippen MR) is 117 cm³/mol. The van der Waals surface area contributed by atoms with Gasteiger partial charge in [-0.3, -0.25) is 9.59 Å². The van der Waals surface area contributed by atoms with Crippen molar-refractivity contribution in [2.24, 2.45) is 5.92 Å². The Labute approximate surface area is 178 Å². The molecule has 30 heavy (non-hydrogen) atoms. The van der Waals surface area contributed by atoms with Crippen molar-refractivity contribution in [1.29, 1.82) is 0 Å². The van der Waals surface area contributed by atoms with Crippen LogP contribution in [0.2, 0.25) is 0 Å². The summed E-state index contributed by atoms with van der Waals surface area (Å²) in [4.78, 5) is 32.5. The Hall–Kier alpha value is -2.37. The number of benzene rings is 1. The van der Waals surface area contributed by atoms with Crippen LogP contribution < -0.4 is 5.32 Å². The lowest BCUT2D eigenvalue weighted by molar-refractivity contribution is 0.0566. The van der Waals surface area contributed by atoms with Gasteiger partial charge in [0.25, 0.3) is 11.8 Å². The molecule has 0 bridgehead atoms. The number of nitrogens with zero attached hydrogens (tertiary/aromatic N) is 3. The summed E-state index contributed by atoms with van der Waals surface area (Å²) in [6.07, 6.45) is 12.2. The summed E-state index contributed by atoms with van der Waals surface area (Å²) in [6.45, 7) is 2.29. The second-order valence-electron chi connectivity index (χ2n) is 9.29. The minimum absolute atomic E-state index is 0.0383. The Balaban J connectivity index is 1.32. The van der Waals surface area contributed by atoms with E-state index in [1.807, 2.05) is 27.7 Å². The van der Waals surface area contributed by atoms with Gasteiger partial charge < -0.3 is 14.8 Å². The molecule has 160 valence electrons. The molecule has 0 spiro atoms. The standard InChI is InChI=1S/C24H32N4O2/c29-23(25-16-17-7-3-1-4-8-17)18-11-12-21-20(15-18)26-22-24(30)27(13-14-28(21)22)19-9-5-2-6-10-19/h11-12,15,17,19H,1-10,13-14,16H2,(H,25,29). The summed E-state index contributed by atoms with van der Waals surface area (Å²) in [7, 11) is 0. The molecule has 6 nitrogen and oxygen atoms in total. The van der Waals surface area contributed by atoms with Gasteiger partial charge >= 0.3 is 0 Å². The first-order valence-electron chi connectivity index (χ1n) is 11.8. The van der Waals surface area contributed by atoms with Crippen LogP contribution in [0.5, 0.6) is 0 Å². The lowest BCUT2D eigenvalue weighted by atomic mass is 9.89. The Bertz CT molecular complexity index is 938. The molecular formula is C24H32N4O2. The van der Waals surface area contributed by atoms with E-state index in [1.54, 1.807) is 0 Å². The monoisotopic (exact) mass is 408 g/mol. The highest BCUT2D eigenvalue weighted by Gasteiger charge is 2.33. The molecule has 0 radical (unpaired) electrons. The van der Waals surface area contributed by atoms with Crippen LogP contribution in [0.15, 0.2) is 18.2 Å². The van der Waals surface area contributed by atoms with E-state index >= 15 is 0 Å². The van der Waals surface area contributed by atoms with Crippen molar-refractivity contribution >= 4 is 22.8 Å². The van der Waals surface area contributed by atoms with Crippen LogP contribution in [0, 0.1) is 5.92 Å². The molecule has 5 rings (SSSR count). The highest BCUT2D eigenvalue weighted by Crippen LogP contribution is 2.28. The number of rotatable bonds is 4.